The number of esters is 2. The Balaban J connectivity index is 1.17. The second-order valence-electron chi connectivity index (χ2n) is 19.6. The van der Waals surface area contributed by atoms with Gasteiger partial charge in [-0.2, -0.15) is 0 Å². The zero-order chi connectivity index (χ0) is 42.8. The van der Waals surface area contributed by atoms with Crippen LogP contribution in [0.3, 0.4) is 0 Å². The van der Waals surface area contributed by atoms with Gasteiger partial charge in [0.2, 0.25) is 0 Å². The highest BCUT2D eigenvalue weighted by molar-refractivity contribution is 8.76. The summed E-state index contributed by atoms with van der Waals surface area (Å²) in [4.78, 5) is 57.7. The van der Waals surface area contributed by atoms with Gasteiger partial charge in [0.15, 0.2) is 0 Å². The van der Waals surface area contributed by atoms with Gasteiger partial charge >= 0.3 is 11.9 Å². The van der Waals surface area contributed by atoms with Crippen molar-refractivity contribution in [3.05, 3.63) is 81.7 Å². The van der Waals surface area contributed by atoms with E-state index in [4.69, 9.17) is 9.47 Å². The third-order valence-corrected chi connectivity index (χ3v) is 18.9. The second kappa shape index (κ2) is 17.1. The Kier molecular flexibility index (Phi) is 11.7. The molecule has 0 aromatic heterocycles. The van der Waals surface area contributed by atoms with Crippen molar-refractivity contribution in [1.82, 2.24) is 20.9 Å². The molecule has 332 valence electrons. The van der Waals surface area contributed by atoms with Crippen LogP contribution in [0.2, 0.25) is 0 Å². The summed E-state index contributed by atoms with van der Waals surface area (Å²) in [7, 11) is 3.55. The number of nitrogens with zero attached hydrogens (tertiary/aromatic N) is 1. The van der Waals surface area contributed by atoms with E-state index in [0.29, 0.717) is 49.1 Å². The van der Waals surface area contributed by atoms with Crippen molar-refractivity contribution < 1.29 is 33.8 Å². The number of carbonyl (C=O) groups excluding carboxylic acids is 4. The summed E-state index contributed by atoms with van der Waals surface area (Å²) in [5, 5.41) is 21.4. The standard InChI is InChI=1S/C49H62N4O7S2/c1-3-48(19-7-8-20-48)24-36-34-12-11-33-32-17-21-49(43(33)42(34)46(57)59-36)37-14-13-31(29-9-5-4-6-10-29)45(51-25-28(2)54)62-61-27-52-38-23-30(18-22-50-38)35(41(32)44(49)47(58)60-37)26-53-39(55)15-16-40(53)56/h14-16,18,23-24,28-29,31-33,35,43,45,50-52,54H,3-13,17,19-22,25-27H2,1-2H3/b36-24-,37-14-/t28-,31-,32-,33-,35-,43+,45+,49-/m0/s1. The lowest BCUT2D eigenvalue weighted by Gasteiger charge is -2.57. The molecule has 4 N–H and O–H groups in total. The quantitative estimate of drug-likeness (QED) is 0.108. The zero-order valence-corrected chi connectivity index (χ0v) is 37.8. The van der Waals surface area contributed by atoms with Gasteiger partial charge in [0.1, 0.15) is 11.5 Å². The molecule has 6 aliphatic carbocycles. The second-order valence-corrected chi connectivity index (χ2v) is 22.1. The number of carbonyl (C=O) groups is 4. The molecule has 11 rings (SSSR count). The molecule has 0 radical (unpaired) electrons. The molecule has 3 saturated carbocycles. The van der Waals surface area contributed by atoms with Crippen LogP contribution in [0.25, 0.3) is 0 Å². The predicted octanol–water partition coefficient (Wildman–Crippen LogP) is 7.61. The summed E-state index contributed by atoms with van der Waals surface area (Å²) >= 11 is 0. The minimum atomic E-state index is -0.899. The maximum atomic E-state index is 15.1. The van der Waals surface area contributed by atoms with Crippen molar-refractivity contribution in [2.45, 2.75) is 122 Å². The number of imide groups is 1. The van der Waals surface area contributed by atoms with Crippen LogP contribution < -0.4 is 16.0 Å². The normalized spacial score (nSPS) is 36.4. The van der Waals surface area contributed by atoms with Gasteiger partial charge in [0.05, 0.1) is 34.2 Å². The van der Waals surface area contributed by atoms with Gasteiger partial charge in [-0.25, -0.2) is 9.59 Å². The molecular weight excluding hydrogens is 821 g/mol. The van der Waals surface area contributed by atoms with Gasteiger partial charge in [0.25, 0.3) is 11.8 Å². The molecule has 13 heteroatoms. The molecule has 5 heterocycles. The van der Waals surface area contributed by atoms with Crippen LogP contribution in [0.1, 0.15) is 110 Å². The van der Waals surface area contributed by atoms with E-state index in [9.17, 15) is 19.5 Å². The van der Waals surface area contributed by atoms with Crippen molar-refractivity contribution in [3.63, 3.8) is 0 Å². The molecular formula is C49H62N4O7S2. The molecule has 11 aliphatic rings. The van der Waals surface area contributed by atoms with Crippen molar-refractivity contribution in [1.29, 1.82) is 0 Å². The Hall–Kier alpha value is -3.52. The maximum absolute atomic E-state index is 15.1. The lowest BCUT2D eigenvalue weighted by atomic mass is 9.43. The third kappa shape index (κ3) is 7.28. The number of ether oxygens (including phenoxy) is 2. The third-order valence-electron chi connectivity index (χ3n) is 16.4. The van der Waals surface area contributed by atoms with Crippen LogP contribution in [-0.4, -0.2) is 70.7 Å². The van der Waals surface area contributed by atoms with Crippen molar-refractivity contribution >= 4 is 45.3 Å². The average molecular weight is 883 g/mol. The lowest BCUT2D eigenvalue weighted by Crippen LogP contribution is -2.54. The number of hydrogen-bond acceptors (Lipinski definition) is 12. The molecule has 0 aromatic rings. The molecule has 4 fully saturated rings. The molecule has 5 aliphatic heterocycles. The Labute approximate surface area is 373 Å². The number of nitrogens with one attached hydrogen (secondary N) is 3. The van der Waals surface area contributed by atoms with Crippen LogP contribution in [-0.2, 0) is 28.7 Å². The van der Waals surface area contributed by atoms with E-state index in [1.54, 1.807) is 21.6 Å². The molecule has 2 amide bonds. The number of amides is 2. The highest BCUT2D eigenvalue weighted by Crippen LogP contribution is 2.71. The van der Waals surface area contributed by atoms with Crippen LogP contribution in [0, 0.1) is 46.3 Å². The number of hydrogen-bond donors (Lipinski definition) is 4. The van der Waals surface area contributed by atoms with E-state index in [-0.39, 0.29) is 64.8 Å². The summed E-state index contributed by atoms with van der Waals surface area (Å²) in [6.45, 7) is 5.19. The monoisotopic (exact) mass is 882 g/mol. The maximum Gasteiger partial charge on any atom is 0.340 e. The van der Waals surface area contributed by atoms with E-state index < -0.39 is 17.4 Å². The molecule has 7 bridgehead atoms. The topological polar surface area (TPSA) is 146 Å². The molecule has 1 saturated heterocycles. The first-order valence-electron chi connectivity index (χ1n) is 23.6. The van der Waals surface area contributed by atoms with E-state index in [2.05, 4.69) is 47.2 Å². The molecule has 62 heavy (non-hydrogen) atoms. The fourth-order valence-electron chi connectivity index (χ4n) is 13.5. The van der Waals surface area contributed by atoms with E-state index in [0.717, 1.165) is 85.2 Å². The summed E-state index contributed by atoms with van der Waals surface area (Å²) in [6, 6.07) is 0. The SMILES string of the molecule is CCC1(/C=C2\OC(=O)C3=C2CC[C@H]2[C@@H]4CC[C@@]5(C6=C4[C@@H](CN4C(=O)C=CC4=O)C4=CCNC(=C4)NCSS[C@@H](NC[C@H](C)O)[C@H](C4CCCCC4)C/C=C/5OC6=O)[C@@H]32)CCCC1. The lowest BCUT2D eigenvalue weighted by molar-refractivity contribution is -0.138. The van der Waals surface area contributed by atoms with Gasteiger partial charge in [-0.05, 0) is 117 Å². The molecule has 0 aromatic carbocycles. The highest BCUT2D eigenvalue weighted by Gasteiger charge is 2.69. The number of dihydropyridines is 1. The van der Waals surface area contributed by atoms with E-state index in [1.807, 2.05) is 6.92 Å². The van der Waals surface area contributed by atoms with Crippen LogP contribution in [0.4, 0.5) is 0 Å². The number of rotatable bonds is 8. The summed E-state index contributed by atoms with van der Waals surface area (Å²) < 4.78 is 13.1. The predicted molar refractivity (Wildman–Crippen MR) is 240 cm³/mol. The number of fused-ring (bicyclic) bond motifs is 2. The van der Waals surface area contributed by atoms with Crippen LogP contribution in [0.15, 0.2) is 81.7 Å². The summed E-state index contributed by atoms with van der Waals surface area (Å²) in [5.41, 5.74) is 3.44. The van der Waals surface area contributed by atoms with Crippen LogP contribution in [0.5, 0.6) is 0 Å². The largest absolute Gasteiger partial charge is 0.427 e. The van der Waals surface area contributed by atoms with Gasteiger partial charge in [0, 0.05) is 54.8 Å². The molecule has 1 spiro atoms. The Morgan fingerprint density at radius 1 is 0.952 bits per heavy atom. The Bertz CT molecular complexity index is 2100. The van der Waals surface area contributed by atoms with Gasteiger partial charge in [-0.15, -0.1) is 0 Å². The average Bonchev–Trinajstić information content (AvgIpc) is 4.04. The fourth-order valence-corrected chi connectivity index (χ4v) is 16.1. The first-order chi connectivity index (χ1) is 30.1. The number of aliphatic hydroxyl groups excluding tert-OH is 1. The van der Waals surface area contributed by atoms with Crippen LogP contribution >= 0.6 is 21.6 Å². The van der Waals surface area contributed by atoms with Crippen molar-refractivity contribution in [3.8, 4) is 0 Å². The number of aliphatic hydroxyl groups is 1. The molecule has 0 unspecified atom stereocenters. The first kappa shape index (κ1) is 42.4. The summed E-state index contributed by atoms with van der Waals surface area (Å²) in [5.74, 6) is 1.43. The summed E-state index contributed by atoms with van der Waals surface area (Å²) in [6.07, 6.45) is 26.0. The minimum Gasteiger partial charge on any atom is -0.427 e. The Morgan fingerprint density at radius 3 is 2.50 bits per heavy atom. The van der Waals surface area contributed by atoms with Gasteiger partial charge in [-0.3, -0.25) is 14.5 Å². The number of cyclic esters (lactones) is 1. The van der Waals surface area contributed by atoms with Gasteiger partial charge < -0.3 is 30.5 Å². The van der Waals surface area contributed by atoms with E-state index in [1.165, 1.54) is 49.2 Å². The number of allylic oxidation sites excluding steroid dienone is 5. The molecule has 11 nitrogen and oxygen atoms in total. The zero-order valence-electron chi connectivity index (χ0n) is 36.2. The first-order valence-corrected chi connectivity index (χ1v) is 26.0. The smallest absolute Gasteiger partial charge is 0.340 e. The molecule has 8 atom stereocenters. The van der Waals surface area contributed by atoms with Crippen molar-refractivity contribution in [2.24, 2.45) is 46.3 Å². The fraction of sp³-hybridized carbons (Fsp3) is 0.633. The van der Waals surface area contributed by atoms with E-state index >= 15 is 4.79 Å². The van der Waals surface area contributed by atoms with Crippen molar-refractivity contribution in [2.75, 3.05) is 25.5 Å². The highest BCUT2D eigenvalue weighted by atomic mass is 33.1. The Morgan fingerprint density at radius 2 is 1.74 bits per heavy atom. The minimum absolute atomic E-state index is 0.0240. The van der Waals surface area contributed by atoms with Gasteiger partial charge in [-0.1, -0.05) is 79.5 Å².